The minimum Gasteiger partial charge on any atom is -0.493 e. The van der Waals surface area contributed by atoms with Gasteiger partial charge in [0.25, 0.3) is 0 Å². The number of alkyl halides is 3. The molecule has 1 amide bonds. The second-order valence-corrected chi connectivity index (χ2v) is 7.77. The number of aromatic nitrogens is 1. The van der Waals surface area contributed by atoms with Crippen LogP contribution in [0, 0.1) is 0 Å². The Morgan fingerprint density at radius 2 is 1.91 bits per heavy atom. The van der Waals surface area contributed by atoms with Crippen molar-refractivity contribution >= 4 is 40.1 Å². The van der Waals surface area contributed by atoms with Gasteiger partial charge in [0.2, 0.25) is 5.91 Å². The predicted octanol–water partition coefficient (Wildman–Crippen LogP) is 6.00. The third kappa shape index (κ3) is 6.44. The molecule has 0 radical (unpaired) electrons. The molecule has 3 rings (SSSR count). The highest BCUT2D eigenvalue weighted by molar-refractivity contribution is 7.14. The van der Waals surface area contributed by atoms with Crippen molar-refractivity contribution in [3.8, 4) is 5.75 Å². The molecule has 3 aromatic rings. The van der Waals surface area contributed by atoms with Gasteiger partial charge in [-0.3, -0.25) is 9.69 Å². The number of halogens is 3. The standard InChI is InChI=1S/C24H21F3N2O4S/c1-3-32-21-10-5-4-7-17(21)11-12-22(31)33-14-19-15-34-23(28-19)29(16(2)30)20-9-6-8-18(13-20)24(25,26)27/h4-13,15H,3,14H2,1-2H3/b12-11+. The molecule has 0 aliphatic carbocycles. The minimum atomic E-state index is -4.54. The number of benzene rings is 2. The fraction of sp³-hybridized carbons (Fsp3) is 0.208. The van der Waals surface area contributed by atoms with Gasteiger partial charge in [0.15, 0.2) is 5.13 Å². The van der Waals surface area contributed by atoms with Gasteiger partial charge in [-0.25, -0.2) is 9.78 Å². The van der Waals surface area contributed by atoms with E-state index in [2.05, 4.69) is 4.98 Å². The largest absolute Gasteiger partial charge is 0.493 e. The van der Waals surface area contributed by atoms with Gasteiger partial charge in [-0.2, -0.15) is 13.2 Å². The van der Waals surface area contributed by atoms with Crippen LogP contribution >= 0.6 is 11.3 Å². The Kier molecular flexibility index (Phi) is 8.06. The summed E-state index contributed by atoms with van der Waals surface area (Å²) in [7, 11) is 0. The highest BCUT2D eigenvalue weighted by Gasteiger charge is 2.31. The number of hydrogen-bond acceptors (Lipinski definition) is 6. The third-order valence-corrected chi connectivity index (χ3v) is 5.33. The second kappa shape index (κ2) is 11.0. The van der Waals surface area contributed by atoms with Gasteiger partial charge in [-0.05, 0) is 37.3 Å². The lowest BCUT2D eigenvalue weighted by Crippen LogP contribution is -2.23. The average molecular weight is 491 g/mol. The van der Waals surface area contributed by atoms with E-state index in [9.17, 15) is 22.8 Å². The van der Waals surface area contributed by atoms with Crippen LogP contribution in [0.2, 0.25) is 0 Å². The molecule has 34 heavy (non-hydrogen) atoms. The molecule has 0 saturated carbocycles. The molecule has 178 valence electrons. The van der Waals surface area contributed by atoms with E-state index in [-0.39, 0.29) is 17.4 Å². The van der Waals surface area contributed by atoms with Gasteiger partial charge in [-0.15, -0.1) is 11.3 Å². The van der Waals surface area contributed by atoms with Gasteiger partial charge in [-0.1, -0.05) is 24.3 Å². The molecule has 0 unspecified atom stereocenters. The molecule has 2 aromatic carbocycles. The van der Waals surface area contributed by atoms with Crippen LogP contribution in [0.25, 0.3) is 6.08 Å². The highest BCUT2D eigenvalue weighted by atomic mass is 32.1. The first-order valence-corrected chi connectivity index (χ1v) is 11.1. The minimum absolute atomic E-state index is 0.0381. The second-order valence-electron chi connectivity index (χ2n) is 6.94. The van der Waals surface area contributed by atoms with Gasteiger partial charge in [0.1, 0.15) is 12.4 Å². The van der Waals surface area contributed by atoms with E-state index in [4.69, 9.17) is 9.47 Å². The van der Waals surface area contributed by atoms with Crippen LogP contribution in [-0.2, 0) is 27.1 Å². The van der Waals surface area contributed by atoms with E-state index < -0.39 is 23.6 Å². The molecule has 1 heterocycles. The summed E-state index contributed by atoms with van der Waals surface area (Å²) in [6.07, 6.45) is -1.71. The van der Waals surface area contributed by atoms with Crippen molar-refractivity contribution < 1.29 is 32.2 Å². The maximum absolute atomic E-state index is 13.1. The van der Waals surface area contributed by atoms with Crippen molar-refractivity contribution in [1.29, 1.82) is 0 Å². The summed E-state index contributed by atoms with van der Waals surface area (Å²) in [6, 6.07) is 11.6. The quantitative estimate of drug-likeness (QED) is 0.286. The van der Waals surface area contributed by atoms with Gasteiger partial charge in [0.05, 0.1) is 23.6 Å². The Hall–Kier alpha value is -3.66. The van der Waals surface area contributed by atoms with Crippen LogP contribution in [0.15, 0.2) is 60.0 Å². The molecule has 0 aliphatic heterocycles. The van der Waals surface area contributed by atoms with E-state index in [0.717, 1.165) is 33.9 Å². The Morgan fingerprint density at radius 3 is 2.62 bits per heavy atom. The molecule has 0 aliphatic rings. The fourth-order valence-electron chi connectivity index (χ4n) is 2.97. The van der Waals surface area contributed by atoms with Gasteiger partial charge in [0, 0.05) is 23.9 Å². The van der Waals surface area contributed by atoms with Crippen molar-refractivity contribution in [1.82, 2.24) is 4.98 Å². The van der Waals surface area contributed by atoms with Crippen molar-refractivity contribution in [2.75, 3.05) is 11.5 Å². The summed E-state index contributed by atoms with van der Waals surface area (Å²) in [4.78, 5) is 29.6. The summed E-state index contributed by atoms with van der Waals surface area (Å²) in [5.74, 6) is -0.479. The zero-order valence-corrected chi connectivity index (χ0v) is 19.2. The van der Waals surface area contributed by atoms with Gasteiger partial charge < -0.3 is 9.47 Å². The number of anilines is 2. The Labute approximate surface area is 198 Å². The zero-order chi connectivity index (χ0) is 24.7. The SMILES string of the molecule is CCOc1ccccc1/C=C/C(=O)OCc1csc(N(C(C)=O)c2cccc(C(F)(F)F)c2)n1. The molecule has 0 saturated heterocycles. The molecular weight excluding hydrogens is 469 g/mol. The van der Waals surface area contributed by atoms with E-state index in [1.165, 1.54) is 25.1 Å². The summed E-state index contributed by atoms with van der Waals surface area (Å²) in [6.45, 7) is 3.41. The van der Waals surface area contributed by atoms with Crippen molar-refractivity contribution in [2.45, 2.75) is 26.6 Å². The van der Waals surface area contributed by atoms with E-state index in [0.29, 0.717) is 18.1 Å². The van der Waals surface area contributed by atoms with Crippen LogP contribution in [0.4, 0.5) is 24.0 Å². The van der Waals surface area contributed by atoms with Crippen molar-refractivity contribution in [2.24, 2.45) is 0 Å². The first-order valence-electron chi connectivity index (χ1n) is 10.2. The summed E-state index contributed by atoms with van der Waals surface area (Å²) < 4.78 is 49.9. The monoisotopic (exact) mass is 490 g/mol. The van der Waals surface area contributed by atoms with Crippen LogP contribution in [0.5, 0.6) is 5.75 Å². The lowest BCUT2D eigenvalue weighted by molar-refractivity contribution is -0.139. The van der Waals surface area contributed by atoms with Crippen LogP contribution < -0.4 is 9.64 Å². The normalized spacial score (nSPS) is 11.4. The Bertz CT molecular complexity index is 1190. The highest BCUT2D eigenvalue weighted by Crippen LogP contribution is 2.35. The smallest absolute Gasteiger partial charge is 0.416 e. The Balaban J connectivity index is 1.69. The topological polar surface area (TPSA) is 68.7 Å². The summed E-state index contributed by atoms with van der Waals surface area (Å²) >= 11 is 1.05. The number of carbonyl (C=O) groups is 2. The number of thiazole rings is 1. The third-order valence-electron chi connectivity index (χ3n) is 4.46. The van der Waals surface area contributed by atoms with E-state index in [1.54, 1.807) is 23.6 Å². The first kappa shape index (κ1) is 25.0. The van der Waals surface area contributed by atoms with E-state index >= 15 is 0 Å². The van der Waals surface area contributed by atoms with Gasteiger partial charge >= 0.3 is 12.1 Å². The summed E-state index contributed by atoms with van der Waals surface area (Å²) in [5, 5.41) is 1.74. The fourth-order valence-corrected chi connectivity index (χ4v) is 3.84. The molecule has 0 fully saturated rings. The molecular formula is C24H21F3N2O4S. The lowest BCUT2D eigenvalue weighted by atomic mass is 10.2. The van der Waals surface area contributed by atoms with Crippen molar-refractivity contribution in [3.05, 3.63) is 76.8 Å². The number of para-hydroxylation sites is 1. The molecule has 0 N–H and O–H groups in total. The Morgan fingerprint density at radius 1 is 1.15 bits per heavy atom. The number of esters is 1. The molecule has 0 spiro atoms. The molecule has 0 atom stereocenters. The van der Waals surface area contributed by atoms with Crippen LogP contribution in [0.1, 0.15) is 30.7 Å². The first-order chi connectivity index (χ1) is 16.2. The molecule has 0 bridgehead atoms. The lowest BCUT2D eigenvalue weighted by Gasteiger charge is -2.19. The number of carbonyl (C=O) groups excluding carboxylic acids is 2. The number of rotatable bonds is 8. The maximum atomic E-state index is 13.1. The maximum Gasteiger partial charge on any atom is 0.416 e. The van der Waals surface area contributed by atoms with E-state index in [1.807, 2.05) is 19.1 Å². The average Bonchev–Trinajstić information content (AvgIpc) is 3.25. The number of ether oxygens (including phenoxy) is 2. The number of amides is 1. The number of hydrogen-bond donors (Lipinski definition) is 0. The molecule has 1 aromatic heterocycles. The number of nitrogens with zero attached hydrogens (tertiary/aromatic N) is 2. The predicted molar refractivity (Wildman–Crippen MR) is 123 cm³/mol. The zero-order valence-electron chi connectivity index (χ0n) is 18.3. The molecule has 10 heteroatoms. The molecule has 6 nitrogen and oxygen atoms in total. The van der Waals surface area contributed by atoms with Crippen LogP contribution in [-0.4, -0.2) is 23.5 Å². The van der Waals surface area contributed by atoms with Crippen molar-refractivity contribution in [3.63, 3.8) is 0 Å². The van der Waals surface area contributed by atoms with Crippen LogP contribution in [0.3, 0.4) is 0 Å². The summed E-state index contributed by atoms with van der Waals surface area (Å²) in [5.41, 5.74) is 0.237.